The van der Waals surface area contributed by atoms with E-state index in [0.29, 0.717) is 0 Å². The van der Waals surface area contributed by atoms with Crippen LogP contribution in [0.5, 0.6) is 0 Å². The number of nitrogens with zero attached hydrogens (tertiary/aromatic N) is 2. The summed E-state index contributed by atoms with van der Waals surface area (Å²) in [5.41, 5.74) is 7.38. The van der Waals surface area contributed by atoms with Crippen LogP contribution in [0.3, 0.4) is 0 Å². The number of aliphatic hydroxyl groups is 1. The van der Waals surface area contributed by atoms with Gasteiger partial charge in [0, 0.05) is 5.56 Å². The number of fused-ring (bicyclic) bond motifs is 3. The molecule has 1 aromatic carbocycles. The van der Waals surface area contributed by atoms with Crippen LogP contribution in [-0.4, -0.2) is 26.7 Å². The summed E-state index contributed by atoms with van der Waals surface area (Å²) in [6, 6.07) is 7.49. The standard InChI is InChI=1S/C15H17N3O2/c1-15(2,14(16)20)13(19)12-10-6-4-3-5-9(10)11-7-17-8-18(11)12/h3-8,12-13,19H,1-2H3,(H2,16,20)/t12-,13-/m0/s1. The van der Waals surface area contributed by atoms with Crippen LogP contribution >= 0.6 is 0 Å². The normalized spacial score (nSPS) is 18.4. The maximum atomic E-state index is 11.6. The number of nitrogens with two attached hydrogens (primary N) is 1. The Bertz CT molecular complexity index is 675. The summed E-state index contributed by atoms with van der Waals surface area (Å²) in [7, 11) is 0. The molecule has 0 bridgehead atoms. The molecule has 2 aromatic rings. The average molecular weight is 271 g/mol. The van der Waals surface area contributed by atoms with Crippen molar-refractivity contribution in [3.05, 3.63) is 42.4 Å². The summed E-state index contributed by atoms with van der Waals surface area (Å²) in [6.45, 7) is 3.33. The molecule has 1 aromatic heterocycles. The fourth-order valence-electron chi connectivity index (χ4n) is 2.74. The topological polar surface area (TPSA) is 81.1 Å². The first kappa shape index (κ1) is 12.9. The molecule has 0 spiro atoms. The first-order valence-corrected chi connectivity index (χ1v) is 6.53. The SMILES string of the molecule is CC(C)(C(N)=O)[C@@H](O)[C@@H]1c2ccccc2-c2cncn21. The molecule has 5 nitrogen and oxygen atoms in total. The summed E-state index contributed by atoms with van der Waals surface area (Å²) in [4.78, 5) is 15.8. The highest BCUT2D eigenvalue weighted by Crippen LogP contribution is 2.44. The van der Waals surface area contributed by atoms with Gasteiger partial charge < -0.3 is 15.4 Å². The molecule has 5 heteroatoms. The smallest absolute Gasteiger partial charge is 0.225 e. The van der Waals surface area contributed by atoms with Crippen molar-refractivity contribution in [3.63, 3.8) is 0 Å². The van der Waals surface area contributed by atoms with Gasteiger partial charge in [0.25, 0.3) is 0 Å². The van der Waals surface area contributed by atoms with Gasteiger partial charge >= 0.3 is 0 Å². The lowest BCUT2D eigenvalue weighted by atomic mass is 9.80. The summed E-state index contributed by atoms with van der Waals surface area (Å²) in [5, 5.41) is 10.7. The van der Waals surface area contributed by atoms with Gasteiger partial charge in [0.1, 0.15) is 0 Å². The molecule has 0 saturated carbocycles. The van der Waals surface area contributed by atoms with Gasteiger partial charge in [-0.1, -0.05) is 24.3 Å². The van der Waals surface area contributed by atoms with Crippen molar-refractivity contribution in [1.82, 2.24) is 9.55 Å². The number of rotatable bonds is 3. The zero-order valence-corrected chi connectivity index (χ0v) is 11.4. The lowest BCUT2D eigenvalue weighted by molar-refractivity contribution is -0.133. The van der Waals surface area contributed by atoms with E-state index < -0.39 is 17.4 Å². The van der Waals surface area contributed by atoms with E-state index in [4.69, 9.17) is 5.73 Å². The number of hydrogen-bond donors (Lipinski definition) is 2. The molecule has 0 aliphatic carbocycles. The molecule has 2 heterocycles. The van der Waals surface area contributed by atoms with Crippen molar-refractivity contribution in [1.29, 1.82) is 0 Å². The van der Waals surface area contributed by atoms with Crippen LogP contribution in [0.15, 0.2) is 36.8 Å². The maximum Gasteiger partial charge on any atom is 0.225 e. The Morgan fingerprint density at radius 2 is 2.15 bits per heavy atom. The molecule has 1 aliphatic heterocycles. The number of carbonyl (C=O) groups is 1. The van der Waals surface area contributed by atoms with Gasteiger partial charge in [0.15, 0.2) is 0 Å². The van der Waals surface area contributed by atoms with Crippen LogP contribution in [-0.2, 0) is 4.79 Å². The number of benzene rings is 1. The van der Waals surface area contributed by atoms with Gasteiger partial charge in [-0.2, -0.15) is 0 Å². The number of imidazole rings is 1. The fourth-order valence-corrected chi connectivity index (χ4v) is 2.74. The predicted octanol–water partition coefficient (Wildman–Crippen LogP) is 1.33. The van der Waals surface area contributed by atoms with Crippen LogP contribution in [0.25, 0.3) is 11.3 Å². The highest BCUT2D eigenvalue weighted by atomic mass is 16.3. The Balaban J connectivity index is 2.14. The first-order valence-electron chi connectivity index (χ1n) is 6.53. The summed E-state index contributed by atoms with van der Waals surface area (Å²) >= 11 is 0. The lowest BCUT2D eigenvalue weighted by Crippen LogP contribution is -2.45. The molecular formula is C15H17N3O2. The molecule has 1 aliphatic rings. The third kappa shape index (κ3) is 1.59. The Morgan fingerprint density at radius 3 is 2.85 bits per heavy atom. The summed E-state index contributed by atoms with van der Waals surface area (Å²) < 4.78 is 1.90. The fraction of sp³-hybridized carbons (Fsp3) is 0.333. The van der Waals surface area contributed by atoms with E-state index in [0.717, 1.165) is 16.8 Å². The molecule has 0 unspecified atom stereocenters. The van der Waals surface area contributed by atoms with Gasteiger partial charge in [-0.05, 0) is 19.4 Å². The van der Waals surface area contributed by atoms with Crippen LogP contribution in [0, 0.1) is 5.41 Å². The van der Waals surface area contributed by atoms with Crippen molar-refractivity contribution in [3.8, 4) is 11.3 Å². The van der Waals surface area contributed by atoms with Crippen LogP contribution < -0.4 is 5.73 Å². The first-order chi connectivity index (χ1) is 9.44. The molecule has 0 fully saturated rings. The van der Waals surface area contributed by atoms with E-state index in [9.17, 15) is 9.90 Å². The zero-order chi connectivity index (χ0) is 14.5. The van der Waals surface area contributed by atoms with Crippen LogP contribution in [0.2, 0.25) is 0 Å². The van der Waals surface area contributed by atoms with Crippen molar-refractivity contribution in [2.24, 2.45) is 11.1 Å². The quantitative estimate of drug-likeness (QED) is 0.883. The Morgan fingerprint density at radius 1 is 1.45 bits per heavy atom. The van der Waals surface area contributed by atoms with Gasteiger partial charge in [-0.25, -0.2) is 4.98 Å². The molecular weight excluding hydrogens is 254 g/mol. The number of carbonyl (C=O) groups excluding carboxylic acids is 1. The minimum atomic E-state index is -1.02. The molecule has 2 atom stereocenters. The second-order valence-electron chi connectivity index (χ2n) is 5.75. The number of aromatic nitrogens is 2. The third-order valence-electron chi connectivity index (χ3n) is 4.19. The van der Waals surface area contributed by atoms with Crippen molar-refractivity contribution < 1.29 is 9.90 Å². The minimum absolute atomic E-state index is 0.341. The van der Waals surface area contributed by atoms with E-state index in [1.807, 2.05) is 28.8 Å². The predicted molar refractivity (Wildman–Crippen MR) is 74.8 cm³/mol. The monoisotopic (exact) mass is 271 g/mol. The summed E-state index contributed by atoms with van der Waals surface area (Å²) in [6.07, 6.45) is 2.53. The van der Waals surface area contributed by atoms with E-state index in [-0.39, 0.29) is 6.04 Å². The van der Waals surface area contributed by atoms with Crippen LogP contribution in [0.4, 0.5) is 0 Å². The zero-order valence-electron chi connectivity index (χ0n) is 11.4. The largest absolute Gasteiger partial charge is 0.389 e. The van der Waals surface area contributed by atoms with E-state index in [1.54, 1.807) is 26.4 Å². The van der Waals surface area contributed by atoms with Gasteiger partial charge in [0.05, 0.1) is 35.8 Å². The maximum absolute atomic E-state index is 11.6. The Labute approximate surface area is 117 Å². The van der Waals surface area contributed by atoms with E-state index in [2.05, 4.69) is 4.98 Å². The second kappa shape index (κ2) is 4.18. The third-order valence-corrected chi connectivity index (χ3v) is 4.19. The van der Waals surface area contributed by atoms with E-state index >= 15 is 0 Å². The number of amides is 1. The molecule has 20 heavy (non-hydrogen) atoms. The highest BCUT2D eigenvalue weighted by molar-refractivity contribution is 5.81. The summed E-state index contributed by atoms with van der Waals surface area (Å²) in [5.74, 6) is -0.518. The molecule has 3 rings (SSSR count). The Kier molecular flexibility index (Phi) is 2.69. The molecule has 0 saturated heterocycles. The van der Waals surface area contributed by atoms with Crippen molar-refractivity contribution in [2.75, 3.05) is 0 Å². The van der Waals surface area contributed by atoms with Gasteiger partial charge in [-0.3, -0.25) is 4.79 Å². The van der Waals surface area contributed by atoms with Gasteiger partial charge in [-0.15, -0.1) is 0 Å². The molecule has 0 radical (unpaired) electrons. The van der Waals surface area contributed by atoms with Crippen molar-refractivity contribution >= 4 is 5.91 Å². The average Bonchev–Trinajstić information content (AvgIpc) is 2.97. The molecule has 3 N–H and O–H groups in total. The van der Waals surface area contributed by atoms with Gasteiger partial charge in [0.2, 0.25) is 5.91 Å². The highest BCUT2D eigenvalue weighted by Gasteiger charge is 2.44. The van der Waals surface area contributed by atoms with Crippen LogP contribution in [0.1, 0.15) is 25.5 Å². The lowest BCUT2D eigenvalue weighted by Gasteiger charge is -2.32. The minimum Gasteiger partial charge on any atom is -0.389 e. The Hall–Kier alpha value is -2.14. The second-order valence-corrected chi connectivity index (χ2v) is 5.75. The molecule has 1 amide bonds. The van der Waals surface area contributed by atoms with E-state index in [1.165, 1.54) is 0 Å². The van der Waals surface area contributed by atoms with Crippen molar-refractivity contribution in [2.45, 2.75) is 26.0 Å². The molecule has 104 valence electrons. The number of aliphatic hydroxyl groups excluding tert-OH is 1. The number of primary amides is 1. The number of hydrogen-bond acceptors (Lipinski definition) is 3.